The molecule has 1 amide bonds. The summed E-state index contributed by atoms with van der Waals surface area (Å²) in [6.45, 7) is 10.00. The Bertz CT molecular complexity index is 1300. The Labute approximate surface area is 203 Å². The number of nitrogens with zero attached hydrogens (tertiary/aromatic N) is 4. The molecule has 0 spiro atoms. The minimum atomic E-state index is -0.123. The van der Waals surface area contributed by atoms with E-state index in [1.807, 2.05) is 10.7 Å². The molecule has 5 rings (SSSR count). The van der Waals surface area contributed by atoms with Gasteiger partial charge < -0.3 is 15.0 Å². The fraction of sp³-hybridized carbons (Fsp3) is 0.346. The maximum absolute atomic E-state index is 13.3. The molecule has 7 nitrogen and oxygen atoms in total. The summed E-state index contributed by atoms with van der Waals surface area (Å²) >= 11 is 1.67. The number of hydrogen-bond donors (Lipinski definition) is 1. The molecule has 176 valence electrons. The lowest BCUT2D eigenvalue weighted by Gasteiger charge is -2.28. The van der Waals surface area contributed by atoms with E-state index in [0.717, 1.165) is 53.5 Å². The van der Waals surface area contributed by atoms with E-state index in [1.54, 1.807) is 17.5 Å². The predicted molar refractivity (Wildman–Crippen MR) is 137 cm³/mol. The lowest BCUT2D eigenvalue weighted by Crippen LogP contribution is -2.36. The van der Waals surface area contributed by atoms with E-state index in [1.165, 1.54) is 10.6 Å². The second kappa shape index (κ2) is 9.56. The number of pyridine rings is 1. The van der Waals surface area contributed by atoms with Crippen LogP contribution in [0.3, 0.4) is 0 Å². The molecular formula is C26H29N5O2S. The highest BCUT2D eigenvalue weighted by Crippen LogP contribution is 2.30. The van der Waals surface area contributed by atoms with Gasteiger partial charge in [-0.3, -0.25) is 4.79 Å². The minimum Gasteiger partial charge on any atom is -0.378 e. The van der Waals surface area contributed by atoms with E-state index in [0.29, 0.717) is 12.1 Å². The van der Waals surface area contributed by atoms with Crippen LogP contribution < -0.4 is 10.2 Å². The molecular weight excluding hydrogens is 446 g/mol. The predicted octanol–water partition coefficient (Wildman–Crippen LogP) is 4.82. The van der Waals surface area contributed by atoms with Crippen LogP contribution in [0.15, 0.2) is 48.7 Å². The van der Waals surface area contributed by atoms with E-state index in [4.69, 9.17) is 9.72 Å². The van der Waals surface area contributed by atoms with Crippen molar-refractivity contribution in [1.82, 2.24) is 20.1 Å². The normalized spacial score (nSPS) is 14.2. The highest BCUT2D eigenvalue weighted by molar-refractivity contribution is 7.15. The van der Waals surface area contributed by atoms with Crippen molar-refractivity contribution in [3.63, 3.8) is 0 Å². The number of morpholine rings is 1. The number of amides is 1. The number of hydrogen-bond acceptors (Lipinski definition) is 6. The average Bonchev–Trinajstić information content (AvgIpc) is 3.49. The zero-order chi connectivity index (χ0) is 23.7. The highest BCUT2D eigenvalue weighted by Gasteiger charge is 2.19. The van der Waals surface area contributed by atoms with Gasteiger partial charge >= 0.3 is 0 Å². The molecule has 4 heterocycles. The molecule has 1 saturated heterocycles. The number of carbonyl (C=O) groups is 1. The maximum atomic E-state index is 13.3. The molecule has 0 bridgehead atoms. The maximum Gasteiger partial charge on any atom is 0.252 e. The van der Waals surface area contributed by atoms with Crippen LogP contribution in [0.2, 0.25) is 0 Å². The summed E-state index contributed by atoms with van der Waals surface area (Å²) in [7, 11) is 0. The van der Waals surface area contributed by atoms with Crippen LogP contribution >= 0.6 is 11.3 Å². The number of rotatable bonds is 6. The van der Waals surface area contributed by atoms with Gasteiger partial charge in [0.2, 0.25) is 0 Å². The van der Waals surface area contributed by atoms with Crippen molar-refractivity contribution in [3.05, 3.63) is 64.7 Å². The van der Waals surface area contributed by atoms with Gasteiger partial charge in [-0.2, -0.15) is 5.10 Å². The molecule has 1 aromatic carbocycles. The summed E-state index contributed by atoms with van der Waals surface area (Å²) in [4.78, 5) is 22.8. The Morgan fingerprint density at radius 1 is 1.15 bits per heavy atom. The SMILES string of the molecule is Cc1ccc(-c2cc(C(=O)NCc3ccc(N4CCOCC4)cc3)c3cnn(C(C)C)c3n2)s1. The standard InChI is InChI=1S/C26H29N5O2S/c1-17(2)31-25-22(16-28-31)21(14-23(29-25)24-9-4-18(3)34-24)26(32)27-15-19-5-7-20(8-6-19)30-10-12-33-13-11-30/h4-9,14,16-17H,10-13,15H2,1-3H3,(H,27,32). The van der Waals surface area contributed by atoms with Crippen molar-refractivity contribution in [1.29, 1.82) is 0 Å². The van der Waals surface area contributed by atoms with Crippen LogP contribution in [0.4, 0.5) is 5.69 Å². The van der Waals surface area contributed by atoms with Crippen molar-refractivity contribution in [2.45, 2.75) is 33.4 Å². The third-order valence-electron chi connectivity index (χ3n) is 6.06. The Balaban J connectivity index is 1.39. The van der Waals surface area contributed by atoms with Gasteiger partial charge in [-0.1, -0.05) is 12.1 Å². The van der Waals surface area contributed by atoms with Gasteiger partial charge in [0.15, 0.2) is 5.65 Å². The molecule has 4 aromatic rings. The molecule has 3 aromatic heterocycles. The molecule has 8 heteroatoms. The van der Waals surface area contributed by atoms with Gasteiger partial charge in [0, 0.05) is 36.2 Å². The lowest BCUT2D eigenvalue weighted by molar-refractivity contribution is 0.0952. The number of nitrogens with one attached hydrogen (secondary N) is 1. The van der Waals surface area contributed by atoms with Crippen LogP contribution in [-0.2, 0) is 11.3 Å². The monoisotopic (exact) mass is 475 g/mol. The summed E-state index contributed by atoms with van der Waals surface area (Å²) in [6, 6.07) is 14.5. The second-order valence-electron chi connectivity index (χ2n) is 8.83. The van der Waals surface area contributed by atoms with Crippen LogP contribution in [-0.4, -0.2) is 47.0 Å². The van der Waals surface area contributed by atoms with Gasteiger partial charge in [0.1, 0.15) is 0 Å². The molecule has 0 aliphatic carbocycles. The van der Waals surface area contributed by atoms with E-state index in [-0.39, 0.29) is 11.9 Å². The summed E-state index contributed by atoms with van der Waals surface area (Å²) < 4.78 is 7.31. The van der Waals surface area contributed by atoms with Crippen LogP contribution in [0.5, 0.6) is 0 Å². The van der Waals surface area contributed by atoms with Crippen molar-refractivity contribution < 1.29 is 9.53 Å². The van der Waals surface area contributed by atoms with E-state index < -0.39 is 0 Å². The molecule has 0 saturated carbocycles. The van der Waals surface area contributed by atoms with E-state index in [2.05, 4.69) is 72.5 Å². The van der Waals surface area contributed by atoms with Crippen molar-refractivity contribution >= 4 is 34.0 Å². The first-order valence-electron chi connectivity index (χ1n) is 11.6. The Kier molecular flexibility index (Phi) is 6.34. The number of benzene rings is 1. The molecule has 0 unspecified atom stereocenters. The quantitative estimate of drug-likeness (QED) is 0.433. The molecule has 34 heavy (non-hydrogen) atoms. The molecule has 1 aliphatic rings. The topological polar surface area (TPSA) is 72.3 Å². The lowest BCUT2D eigenvalue weighted by atomic mass is 10.1. The fourth-order valence-electron chi connectivity index (χ4n) is 4.21. The van der Waals surface area contributed by atoms with Crippen LogP contribution in [0.25, 0.3) is 21.6 Å². The number of aryl methyl sites for hydroxylation is 1. The van der Waals surface area contributed by atoms with Crippen molar-refractivity contribution in [3.8, 4) is 10.6 Å². The second-order valence-corrected chi connectivity index (χ2v) is 10.1. The molecule has 1 N–H and O–H groups in total. The highest BCUT2D eigenvalue weighted by atomic mass is 32.1. The summed E-state index contributed by atoms with van der Waals surface area (Å²) in [5.41, 5.74) is 4.38. The van der Waals surface area contributed by atoms with Gasteiger partial charge in [-0.15, -0.1) is 11.3 Å². The number of fused-ring (bicyclic) bond motifs is 1. The molecule has 0 atom stereocenters. The molecule has 0 radical (unpaired) electrons. The zero-order valence-electron chi connectivity index (χ0n) is 19.7. The zero-order valence-corrected chi connectivity index (χ0v) is 20.6. The number of aromatic nitrogens is 3. The third kappa shape index (κ3) is 4.56. The summed E-state index contributed by atoms with van der Waals surface area (Å²) in [5.74, 6) is -0.123. The first-order valence-corrected chi connectivity index (χ1v) is 12.5. The van der Waals surface area contributed by atoms with E-state index >= 15 is 0 Å². The van der Waals surface area contributed by atoms with Crippen LogP contribution in [0, 0.1) is 6.92 Å². The Morgan fingerprint density at radius 2 is 1.91 bits per heavy atom. The number of anilines is 1. The van der Waals surface area contributed by atoms with Gasteiger partial charge in [0.05, 0.1) is 40.9 Å². The van der Waals surface area contributed by atoms with Gasteiger partial charge in [0.25, 0.3) is 5.91 Å². The third-order valence-corrected chi connectivity index (χ3v) is 7.08. The smallest absolute Gasteiger partial charge is 0.252 e. The number of ether oxygens (including phenoxy) is 1. The fourth-order valence-corrected chi connectivity index (χ4v) is 5.03. The first kappa shape index (κ1) is 22.6. The van der Waals surface area contributed by atoms with E-state index in [9.17, 15) is 4.79 Å². The van der Waals surface area contributed by atoms with Gasteiger partial charge in [-0.05, 0) is 56.7 Å². The molecule has 1 fully saturated rings. The largest absolute Gasteiger partial charge is 0.378 e. The van der Waals surface area contributed by atoms with Crippen molar-refractivity contribution in [2.24, 2.45) is 0 Å². The average molecular weight is 476 g/mol. The number of thiophene rings is 1. The minimum absolute atomic E-state index is 0.123. The van der Waals surface area contributed by atoms with Crippen molar-refractivity contribution in [2.75, 3.05) is 31.2 Å². The first-order chi connectivity index (χ1) is 16.5. The van der Waals surface area contributed by atoms with Crippen LogP contribution in [0.1, 0.15) is 40.7 Å². The Morgan fingerprint density at radius 3 is 2.59 bits per heavy atom. The number of carbonyl (C=O) groups excluding carboxylic acids is 1. The molecule has 1 aliphatic heterocycles. The Hall–Kier alpha value is -3.23. The summed E-state index contributed by atoms with van der Waals surface area (Å²) in [6.07, 6.45) is 1.75. The van der Waals surface area contributed by atoms with Gasteiger partial charge in [-0.25, -0.2) is 9.67 Å². The summed E-state index contributed by atoms with van der Waals surface area (Å²) in [5, 5.41) is 8.38.